The van der Waals surface area contributed by atoms with Gasteiger partial charge in [-0.15, -0.1) is 0 Å². The summed E-state index contributed by atoms with van der Waals surface area (Å²) in [5.74, 6) is 0.830. The Morgan fingerprint density at radius 2 is 2.10 bits per heavy atom. The van der Waals surface area contributed by atoms with E-state index in [0.717, 1.165) is 23.9 Å². The smallest absolute Gasteiger partial charge is 0.138 e. The normalized spacial score (nSPS) is 14.2. The van der Waals surface area contributed by atoms with Crippen molar-refractivity contribution in [3.63, 3.8) is 0 Å². The van der Waals surface area contributed by atoms with Gasteiger partial charge in [0.2, 0.25) is 0 Å². The lowest BCUT2D eigenvalue weighted by Gasteiger charge is -2.11. The highest BCUT2D eigenvalue weighted by Crippen LogP contribution is 2.27. The molecular weight excluding hydrogens is 260 g/mol. The number of hydrogen-bond donors (Lipinski definition) is 1. The molecule has 0 radical (unpaired) electrons. The van der Waals surface area contributed by atoms with Crippen molar-refractivity contribution in [1.29, 1.82) is 0 Å². The maximum atomic E-state index is 5.55. The van der Waals surface area contributed by atoms with E-state index in [9.17, 15) is 0 Å². The molecule has 0 amide bonds. The van der Waals surface area contributed by atoms with E-state index in [4.69, 9.17) is 4.74 Å². The molecule has 3 rings (SSSR count). The van der Waals surface area contributed by atoms with Crippen molar-refractivity contribution in [2.75, 3.05) is 6.61 Å². The van der Waals surface area contributed by atoms with Gasteiger partial charge in [0, 0.05) is 24.3 Å². The second kappa shape index (κ2) is 6.27. The molecule has 0 spiro atoms. The Morgan fingerprint density at radius 1 is 1.24 bits per heavy atom. The van der Waals surface area contributed by atoms with E-state index < -0.39 is 0 Å². The SMILES string of the molecule is CCOc1cncc(-c2cc(CNC3CC3)ccc2C)c1. The average Bonchev–Trinajstić information content (AvgIpc) is 3.31. The predicted octanol–water partition coefficient (Wildman–Crippen LogP) is 3.71. The van der Waals surface area contributed by atoms with Crippen molar-refractivity contribution in [1.82, 2.24) is 10.3 Å². The van der Waals surface area contributed by atoms with Gasteiger partial charge in [-0.3, -0.25) is 4.98 Å². The van der Waals surface area contributed by atoms with Gasteiger partial charge in [-0.25, -0.2) is 0 Å². The van der Waals surface area contributed by atoms with Crippen LogP contribution in [0, 0.1) is 6.92 Å². The molecular formula is C18H22N2O. The van der Waals surface area contributed by atoms with Crippen LogP contribution in [0.2, 0.25) is 0 Å². The van der Waals surface area contributed by atoms with Gasteiger partial charge in [0.05, 0.1) is 12.8 Å². The quantitative estimate of drug-likeness (QED) is 0.877. The van der Waals surface area contributed by atoms with Gasteiger partial charge in [-0.05, 0) is 55.5 Å². The van der Waals surface area contributed by atoms with Crippen LogP contribution in [-0.4, -0.2) is 17.6 Å². The van der Waals surface area contributed by atoms with Crippen LogP contribution in [0.4, 0.5) is 0 Å². The number of nitrogens with zero attached hydrogens (tertiary/aromatic N) is 1. The third-order valence-electron chi connectivity index (χ3n) is 3.81. The zero-order chi connectivity index (χ0) is 14.7. The first-order chi connectivity index (χ1) is 10.3. The van der Waals surface area contributed by atoms with Gasteiger partial charge < -0.3 is 10.1 Å². The van der Waals surface area contributed by atoms with Crippen molar-refractivity contribution in [3.05, 3.63) is 47.8 Å². The molecule has 2 aromatic rings. The Morgan fingerprint density at radius 3 is 2.86 bits per heavy atom. The van der Waals surface area contributed by atoms with E-state index in [-0.39, 0.29) is 0 Å². The van der Waals surface area contributed by atoms with E-state index in [1.807, 2.05) is 13.1 Å². The van der Waals surface area contributed by atoms with Crippen LogP contribution in [0.5, 0.6) is 5.75 Å². The molecule has 1 aromatic carbocycles. The fraction of sp³-hybridized carbons (Fsp3) is 0.389. The van der Waals surface area contributed by atoms with Crippen LogP contribution in [-0.2, 0) is 6.54 Å². The van der Waals surface area contributed by atoms with E-state index in [2.05, 4.69) is 41.5 Å². The predicted molar refractivity (Wildman–Crippen MR) is 85.4 cm³/mol. The summed E-state index contributed by atoms with van der Waals surface area (Å²) < 4.78 is 5.55. The lowest BCUT2D eigenvalue weighted by molar-refractivity contribution is 0.339. The van der Waals surface area contributed by atoms with Gasteiger partial charge in [-0.2, -0.15) is 0 Å². The number of hydrogen-bond acceptors (Lipinski definition) is 3. The summed E-state index contributed by atoms with van der Waals surface area (Å²) in [5, 5.41) is 3.56. The van der Waals surface area contributed by atoms with Crippen molar-refractivity contribution in [2.45, 2.75) is 39.3 Å². The van der Waals surface area contributed by atoms with Gasteiger partial charge >= 0.3 is 0 Å². The molecule has 0 atom stereocenters. The summed E-state index contributed by atoms with van der Waals surface area (Å²) in [5.41, 5.74) is 4.94. The molecule has 21 heavy (non-hydrogen) atoms. The molecule has 0 unspecified atom stereocenters. The second-order valence-electron chi connectivity index (χ2n) is 5.65. The second-order valence-corrected chi connectivity index (χ2v) is 5.65. The highest BCUT2D eigenvalue weighted by Gasteiger charge is 2.20. The summed E-state index contributed by atoms with van der Waals surface area (Å²) in [4.78, 5) is 4.29. The molecule has 3 nitrogen and oxygen atoms in total. The first kappa shape index (κ1) is 14.1. The summed E-state index contributed by atoms with van der Waals surface area (Å²) in [6, 6.07) is 9.45. The Hall–Kier alpha value is -1.87. The average molecular weight is 282 g/mol. The molecule has 1 aliphatic carbocycles. The van der Waals surface area contributed by atoms with Crippen LogP contribution in [0.3, 0.4) is 0 Å². The molecule has 1 N–H and O–H groups in total. The maximum absolute atomic E-state index is 5.55. The summed E-state index contributed by atoms with van der Waals surface area (Å²) in [7, 11) is 0. The van der Waals surface area contributed by atoms with Crippen molar-refractivity contribution < 1.29 is 4.74 Å². The fourth-order valence-electron chi connectivity index (χ4n) is 2.45. The highest BCUT2D eigenvalue weighted by molar-refractivity contribution is 5.68. The third-order valence-corrected chi connectivity index (χ3v) is 3.81. The minimum atomic E-state index is 0.662. The van der Waals surface area contributed by atoms with Crippen LogP contribution < -0.4 is 10.1 Å². The number of benzene rings is 1. The molecule has 1 aromatic heterocycles. The first-order valence-corrected chi connectivity index (χ1v) is 7.67. The van der Waals surface area contributed by atoms with Gasteiger partial charge in [-0.1, -0.05) is 12.1 Å². The molecule has 1 fully saturated rings. The molecule has 0 aliphatic heterocycles. The Kier molecular flexibility index (Phi) is 4.20. The van der Waals surface area contributed by atoms with E-state index in [0.29, 0.717) is 6.61 Å². The van der Waals surface area contributed by atoms with Crippen molar-refractivity contribution >= 4 is 0 Å². The third kappa shape index (κ3) is 3.61. The topological polar surface area (TPSA) is 34.1 Å². The monoisotopic (exact) mass is 282 g/mol. The van der Waals surface area contributed by atoms with Crippen LogP contribution in [0.1, 0.15) is 30.9 Å². The molecule has 110 valence electrons. The van der Waals surface area contributed by atoms with Crippen LogP contribution in [0.25, 0.3) is 11.1 Å². The number of pyridine rings is 1. The minimum Gasteiger partial charge on any atom is -0.492 e. The molecule has 1 saturated carbocycles. The Bertz CT molecular complexity index is 620. The number of aryl methyl sites for hydroxylation is 1. The van der Waals surface area contributed by atoms with Gasteiger partial charge in [0.1, 0.15) is 5.75 Å². The van der Waals surface area contributed by atoms with Crippen molar-refractivity contribution in [3.8, 4) is 16.9 Å². The molecule has 1 aliphatic rings. The summed E-state index contributed by atoms with van der Waals surface area (Å²) >= 11 is 0. The Labute approximate surface area is 126 Å². The first-order valence-electron chi connectivity index (χ1n) is 7.67. The van der Waals surface area contributed by atoms with E-state index >= 15 is 0 Å². The fourth-order valence-corrected chi connectivity index (χ4v) is 2.45. The van der Waals surface area contributed by atoms with Crippen LogP contribution >= 0.6 is 0 Å². The zero-order valence-electron chi connectivity index (χ0n) is 12.7. The Balaban J connectivity index is 1.85. The number of rotatable bonds is 6. The lowest BCUT2D eigenvalue weighted by atomic mass is 9.99. The lowest BCUT2D eigenvalue weighted by Crippen LogP contribution is -2.15. The summed E-state index contributed by atoms with van der Waals surface area (Å²) in [6.45, 7) is 5.73. The molecule has 3 heteroatoms. The maximum Gasteiger partial charge on any atom is 0.138 e. The van der Waals surface area contributed by atoms with Gasteiger partial charge in [0.25, 0.3) is 0 Å². The van der Waals surface area contributed by atoms with Gasteiger partial charge in [0.15, 0.2) is 0 Å². The standard InChI is InChI=1S/C18H22N2O/c1-3-21-17-9-15(11-19-12-17)18-8-14(5-4-13(18)2)10-20-16-6-7-16/h4-5,8-9,11-12,16,20H,3,6-7,10H2,1-2H3. The molecule has 0 bridgehead atoms. The minimum absolute atomic E-state index is 0.662. The number of ether oxygens (including phenoxy) is 1. The van der Waals surface area contributed by atoms with E-state index in [1.165, 1.54) is 29.5 Å². The largest absolute Gasteiger partial charge is 0.492 e. The highest BCUT2D eigenvalue weighted by atomic mass is 16.5. The molecule has 0 saturated heterocycles. The zero-order valence-corrected chi connectivity index (χ0v) is 12.7. The van der Waals surface area contributed by atoms with Crippen molar-refractivity contribution in [2.24, 2.45) is 0 Å². The molecule has 1 heterocycles. The van der Waals surface area contributed by atoms with Crippen LogP contribution in [0.15, 0.2) is 36.7 Å². The number of aromatic nitrogens is 1. The number of nitrogens with one attached hydrogen (secondary N) is 1. The summed E-state index contributed by atoms with van der Waals surface area (Å²) in [6.07, 6.45) is 6.31. The van der Waals surface area contributed by atoms with E-state index in [1.54, 1.807) is 6.20 Å².